The van der Waals surface area contributed by atoms with Gasteiger partial charge in [-0.05, 0) is 30.9 Å². The van der Waals surface area contributed by atoms with Gasteiger partial charge in [0.25, 0.3) is 0 Å². The van der Waals surface area contributed by atoms with Crippen LogP contribution in [0.15, 0.2) is 40.0 Å². The molecule has 5 nitrogen and oxygen atoms in total. The SMILES string of the molecule is CSCCOC(=O)C1=C(C)NC(=O)NC1c1ccc(Br)cc1. The quantitative estimate of drug-likeness (QED) is 0.604. The molecule has 0 fully saturated rings. The highest BCUT2D eigenvalue weighted by Gasteiger charge is 2.32. The van der Waals surface area contributed by atoms with Crippen LogP contribution in [0.25, 0.3) is 0 Å². The maximum Gasteiger partial charge on any atom is 0.338 e. The number of carbonyl (C=O) groups excluding carboxylic acids is 2. The molecule has 0 aliphatic carbocycles. The predicted octanol–water partition coefficient (Wildman–Crippen LogP) is 2.98. The summed E-state index contributed by atoms with van der Waals surface area (Å²) in [5.74, 6) is 0.327. The molecule has 1 unspecified atom stereocenters. The number of esters is 1. The van der Waals surface area contributed by atoms with E-state index in [0.29, 0.717) is 17.9 Å². The summed E-state index contributed by atoms with van der Waals surface area (Å²) >= 11 is 4.98. The molecule has 7 heteroatoms. The minimum Gasteiger partial charge on any atom is -0.461 e. The number of urea groups is 1. The molecule has 0 saturated carbocycles. The molecule has 1 aliphatic heterocycles. The van der Waals surface area contributed by atoms with Gasteiger partial charge in [-0.15, -0.1) is 0 Å². The molecule has 1 heterocycles. The fourth-order valence-corrected chi connectivity index (χ4v) is 2.68. The fraction of sp³-hybridized carbons (Fsp3) is 0.333. The van der Waals surface area contributed by atoms with Gasteiger partial charge < -0.3 is 15.4 Å². The zero-order chi connectivity index (χ0) is 16.1. The summed E-state index contributed by atoms with van der Waals surface area (Å²) < 4.78 is 6.22. The maximum atomic E-state index is 12.4. The van der Waals surface area contributed by atoms with Crippen molar-refractivity contribution in [3.63, 3.8) is 0 Å². The fourth-order valence-electron chi connectivity index (χ4n) is 2.17. The summed E-state index contributed by atoms with van der Waals surface area (Å²) in [7, 11) is 0. The van der Waals surface area contributed by atoms with Crippen LogP contribution in [-0.4, -0.2) is 30.6 Å². The van der Waals surface area contributed by atoms with E-state index in [2.05, 4.69) is 26.6 Å². The lowest BCUT2D eigenvalue weighted by molar-refractivity contribution is -0.138. The zero-order valence-electron chi connectivity index (χ0n) is 12.3. The van der Waals surface area contributed by atoms with Gasteiger partial charge in [-0.3, -0.25) is 0 Å². The normalized spacial score (nSPS) is 17.8. The van der Waals surface area contributed by atoms with E-state index in [-0.39, 0.29) is 6.03 Å². The number of allylic oxidation sites excluding steroid dienone is 1. The van der Waals surface area contributed by atoms with Gasteiger partial charge in [-0.25, -0.2) is 9.59 Å². The Balaban J connectivity index is 2.28. The van der Waals surface area contributed by atoms with Crippen molar-refractivity contribution in [1.29, 1.82) is 0 Å². The van der Waals surface area contributed by atoms with Gasteiger partial charge in [0.05, 0.1) is 11.6 Å². The monoisotopic (exact) mass is 384 g/mol. The number of nitrogens with one attached hydrogen (secondary N) is 2. The number of rotatable bonds is 5. The van der Waals surface area contributed by atoms with Crippen molar-refractivity contribution in [1.82, 2.24) is 10.6 Å². The number of hydrogen-bond acceptors (Lipinski definition) is 4. The molecule has 1 aromatic rings. The number of halogens is 1. The van der Waals surface area contributed by atoms with Gasteiger partial charge in [0.2, 0.25) is 0 Å². The number of hydrogen-bond donors (Lipinski definition) is 2. The molecule has 118 valence electrons. The van der Waals surface area contributed by atoms with E-state index in [9.17, 15) is 9.59 Å². The molecule has 22 heavy (non-hydrogen) atoms. The van der Waals surface area contributed by atoms with Crippen molar-refractivity contribution in [3.8, 4) is 0 Å². The minimum absolute atomic E-state index is 0.328. The highest BCUT2D eigenvalue weighted by Crippen LogP contribution is 2.28. The number of thioether (sulfide) groups is 1. The molecule has 2 amide bonds. The Hall–Kier alpha value is -1.47. The third kappa shape index (κ3) is 4.04. The second-order valence-corrected chi connectivity index (χ2v) is 6.65. The number of amides is 2. The lowest BCUT2D eigenvalue weighted by atomic mass is 9.96. The van der Waals surface area contributed by atoms with E-state index in [1.165, 1.54) is 0 Å². The predicted molar refractivity (Wildman–Crippen MR) is 90.6 cm³/mol. The van der Waals surface area contributed by atoms with Crippen molar-refractivity contribution >= 4 is 39.7 Å². The first-order valence-electron chi connectivity index (χ1n) is 6.72. The maximum absolute atomic E-state index is 12.4. The van der Waals surface area contributed by atoms with Crippen molar-refractivity contribution in [2.24, 2.45) is 0 Å². The van der Waals surface area contributed by atoms with Crippen LogP contribution in [0, 0.1) is 0 Å². The minimum atomic E-state index is -0.511. The molecule has 2 N–H and O–H groups in total. The van der Waals surface area contributed by atoms with Crippen LogP contribution >= 0.6 is 27.7 Å². The highest BCUT2D eigenvalue weighted by molar-refractivity contribution is 9.10. The van der Waals surface area contributed by atoms with E-state index >= 15 is 0 Å². The summed E-state index contributed by atoms with van der Waals surface area (Å²) in [6.45, 7) is 2.05. The smallest absolute Gasteiger partial charge is 0.338 e. The van der Waals surface area contributed by atoms with E-state index in [0.717, 1.165) is 15.8 Å². The van der Waals surface area contributed by atoms with Gasteiger partial charge >= 0.3 is 12.0 Å². The Kier molecular flexibility index (Phi) is 5.90. The molecule has 1 atom stereocenters. The standard InChI is InChI=1S/C15H17BrN2O3S/c1-9-12(14(19)21-7-8-22-2)13(18-15(20)17-9)10-3-5-11(16)6-4-10/h3-6,13H,7-8H2,1-2H3,(H2,17,18,20). The van der Waals surface area contributed by atoms with Gasteiger partial charge in [0.1, 0.15) is 6.61 Å². The van der Waals surface area contributed by atoms with Crippen LogP contribution in [0.5, 0.6) is 0 Å². The Morgan fingerprint density at radius 2 is 2.05 bits per heavy atom. The molecular formula is C15H17BrN2O3S. The first-order valence-corrected chi connectivity index (χ1v) is 8.91. The highest BCUT2D eigenvalue weighted by atomic mass is 79.9. The molecular weight excluding hydrogens is 368 g/mol. The van der Waals surface area contributed by atoms with E-state index in [4.69, 9.17) is 4.74 Å². The number of ether oxygens (including phenoxy) is 1. The largest absolute Gasteiger partial charge is 0.461 e. The van der Waals surface area contributed by atoms with Crippen LogP contribution in [0.2, 0.25) is 0 Å². The molecule has 0 aromatic heterocycles. The topological polar surface area (TPSA) is 67.4 Å². The first-order chi connectivity index (χ1) is 10.5. The van der Waals surface area contributed by atoms with Crippen LogP contribution in [0.4, 0.5) is 4.79 Å². The Morgan fingerprint density at radius 1 is 1.36 bits per heavy atom. The summed E-state index contributed by atoms with van der Waals surface area (Å²) in [6, 6.07) is 6.63. The first kappa shape index (κ1) is 16.9. The van der Waals surface area contributed by atoms with Crippen molar-refractivity contribution in [2.45, 2.75) is 13.0 Å². The van der Waals surface area contributed by atoms with Crippen LogP contribution in [0.3, 0.4) is 0 Å². The molecule has 2 rings (SSSR count). The van der Waals surface area contributed by atoms with E-state index in [1.807, 2.05) is 30.5 Å². The second kappa shape index (κ2) is 7.69. The third-order valence-electron chi connectivity index (χ3n) is 3.21. The average molecular weight is 385 g/mol. The van der Waals surface area contributed by atoms with Crippen molar-refractivity contribution < 1.29 is 14.3 Å². The van der Waals surface area contributed by atoms with Gasteiger partial charge in [0.15, 0.2) is 0 Å². The van der Waals surface area contributed by atoms with Crippen LogP contribution in [0.1, 0.15) is 18.5 Å². The molecule has 1 aliphatic rings. The summed E-state index contributed by atoms with van der Waals surface area (Å²) in [5, 5.41) is 5.40. The molecule has 0 saturated heterocycles. The van der Waals surface area contributed by atoms with E-state index < -0.39 is 12.0 Å². The van der Waals surface area contributed by atoms with Gasteiger partial charge in [-0.2, -0.15) is 11.8 Å². The summed E-state index contributed by atoms with van der Waals surface area (Å²) in [5.41, 5.74) is 1.78. The second-order valence-electron chi connectivity index (χ2n) is 4.75. The molecule has 0 bridgehead atoms. The third-order valence-corrected chi connectivity index (χ3v) is 4.32. The number of benzene rings is 1. The lowest BCUT2D eigenvalue weighted by Crippen LogP contribution is -2.45. The molecule has 0 spiro atoms. The Bertz CT molecular complexity index is 601. The number of carbonyl (C=O) groups is 2. The van der Waals surface area contributed by atoms with Crippen molar-refractivity contribution in [2.75, 3.05) is 18.6 Å². The van der Waals surface area contributed by atoms with Crippen LogP contribution in [-0.2, 0) is 9.53 Å². The van der Waals surface area contributed by atoms with Crippen LogP contribution < -0.4 is 10.6 Å². The Morgan fingerprint density at radius 3 is 2.68 bits per heavy atom. The van der Waals surface area contributed by atoms with Crippen molar-refractivity contribution in [3.05, 3.63) is 45.6 Å². The lowest BCUT2D eigenvalue weighted by Gasteiger charge is -2.28. The molecule has 0 radical (unpaired) electrons. The molecule has 1 aromatic carbocycles. The average Bonchev–Trinajstić information content (AvgIpc) is 2.47. The summed E-state index contributed by atoms with van der Waals surface area (Å²) in [4.78, 5) is 24.1. The Labute approximate surface area is 142 Å². The zero-order valence-corrected chi connectivity index (χ0v) is 14.7. The van der Waals surface area contributed by atoms with Gasteiger partial charge in [-0.1, -0.05) is 28.1 Å². The summed E-state index contributed by atoms with van der Waals surface area (Å²) in [6.07, 6.45) is 1.95. The van der Waals surface area contributed by atoms with Gasteiger partial charge in [0, 0.05) is 15.9 Å². The van der Waals surface area contributed by atoms with E-state index in [1.54, 1.807) is 18.7 Å².